The number of hydrogen-bond donors (Lipinski definition) is 2. The standard InChI is InChI=1S/C15H17N3S/c16-15(19)17-18(11-13-7-3-1-4-8-13)12-14-9-5-2-6-10-14/h1-10H,11-12H2,(H3,16,17,19). The van der Waals surface area contributed by atoms with Crippen molar-refractivity contribution in [1.82, 2.24) is 10.4 Å². The van der Waals surface area contributed by atoms with E-state index >= 15 is 0 Å². The first-order valence-electron chi connectivity index (χ1n) is 6.13. The Bertz CT molecular complexity index is 472. The maximum atomic E-state index is 5.58. The normalized spacial score (nSPS) is 10.4. The molecule has 0 unspecified atom stereocenters. The fourth-order valence-corrected chi connectivity index (χ4v) is 2.03. The van der Waals surface area contributed by atoms with Crippen molar-refractivity contribution in [2.24, 2.45) is 5.73 Å². The summed E-state index contributed by atoms with van der Waals surface area (Å²) in [4.78, 5) is 0. The smallest absolute Gasteiger partial charge is 0.178 e. The highest BCUT2D eigenvalue weighted by Crippen LogP contribution is 2.07. The average molecular weight is 271 g/mol. The summed E-state index contributed by atoms with van der Waals surface area (Å²) >= 11 is 4.93. The number of hydrazine groups is 1. The van der Waals surface area contributed by atoms with Crippen LogP contribution >= 0.6 is 12.2 Å². The maximum Gasteiger partial charge on any atom is 0.178 e. The van der Waals surface area contributed by atoms with Crippen LogP contribution in [0.4, 0.5) is 0 Å². The van der Waals surface area contributed by atoms with Crippen LogP contribution in [-0.4, -0.2) is 10.1 Å². The first kappa shape index (κ1) is 13.5. The lowest BCUT2D eigenvalue weighted by Gasteiger charge is -2.23. The van der Waals surface area contributed by atoms with Crippen LogP contribution in [0.1, 0.15) is 11.1 Å². The van der Waals surface area contributed by atoms with Crippen molar-refractivity contribution in [3.63, 3.8) is 0 Å². The fraction of sp³-hybridized carbons (Fsp3) is 0.133. The second kappa shape index (κ2) is 6.87. The molecule has 3 nitrogen and oxygen atoms in total. The molecule has 0 heterocycles. The van der Waals surface area contributed by atoms with Crippen LogP contribution in [-0.2, 0) is 13.1 Å². The number of hydrogen-bond acceptors (Lipinski definition) is 2. The quantitative estimate of drug-likeness (QED) is 0.647. The Morgan fingerprint density at radius 1 is 0.895 bits per heavy atom. The topological polar surface area (TPSA) is 41.3 Å². The Hall–Kier alpha value is -1.91. The molecule has 3 N–H and O–H groups in total. The molecule has 0 saturated carbocycles. The van der Waals surface area contributed by atoms with E-state index < -0.39 is 0 Å². The zero-order chi connectivity index (χ0) is 13.5. The van der Waals surface area contributed by atoms with Gasteiger partial charge in [0.25, 0.3) is 0 Å². The summed E-state index contributed by atoms with van der Waals surface area (Å²) in [6.07, 6.45) is 0. The molecule has 2 rings (SSSR count). The third-order valence-corrected chi connectivity index (χ3v) is 2.79. The fourth-order valence-electron chi connectivity index (χ4n) is 1.90. The molecular formula is C15H17N3S. The Labute approximate surface area is 119 Å². The minimum atomic E-state index is 0.284. The summed E-state index contributed by atoms with van der Waals surface area (Å²) in [6.45, 7) is 1.49. The third kappa shape index (κ3) is 4.69. The van der Waals surface area contributed by atoms with Gasteiger partial charge >= 0.3 is 0 Å². The van der Waals surface area contributed by atoms with Crippen molar-refractivity contribution in [2.75, 3.05) is 0 Å². The van der Waals surface area contributed by atoms with Crippen LogP contribution in [0.15, 0.2) is 60.7 Å². The molecule has 4 heteroatoms. The predicted octanol–water partition coefficient (Wildman–Crippen LogP) is 2.44. The second-order valence-electron chi connectivity index (χ2n) is 4.30. The number of thiocarbonyl (C=S) groups is 1. The van der Waals surface area contributed by atoms with Gasteiger partial charge in [0.15, 0.2) is 5.11 Å². The van der Waals surface area contributed by atoms with E-state index in [0.717, 1.165) is 13.1 Å². The van der Waals surface area contributed by atoms with Gasteiger partial charge in [-0.15, -0.1) is 0 Å². The Morgan fingerprint density at radius 3 is 1.68 bits per heavy atom. The molecule has 0 aliphatic rings. The van der Waals surface area contributed by atoms with Crippen LogP contribution in [0, 0.1) is 0 Å². The first-order valence-corrected chi connectivity index (χ1v) is 6.54. The number of rotatable bonds is 5. The molecule has 2 aromatic carbocycles. The molecule has 2 aromatic rings. The van der Waals surface area contributed by atoms with Crippen LogP contribution in [0.5, 0.6) is 0 Å². The van der Waals surface area contributed by atoms with Gasteiger partial charge < -0.3 is 5.73 Å². The van der Waals surface area contributed by atoms with Gasteiger partial charge in [-0.2, -0.15) is 0 Å². The predicted molar refractivity (Wildman–Crippen MR) is 82.1 cm³/mol. The molecular weight excluding hydrogens is 254 g/mol. The number of nitrogens with zero attached hydrogens (tertiary/aromatic N) is 1. The highest BCUT2D eigenvalue weighted by Gasteiger charge is 2.07. The van der Waals surface area contributed by atoms with Crippen molar-refractivity contribution in [1.29, 1.82) is 0 Å². The second-order valence-corrected chi connectivity index (χ2v) is 4.74. The van der Waals surface area contributed by atoms with Gasteiger partial charge in [0.1, 0.15) is 0 Å². The summed E-state index contributed by atoms with van der Waals surface area (Å²) < 4.78 is 0. The van der Waals surface area contributed by atoms with Crippen LogP contribution in [0.25, 0.3) is 0 Å². The van der Waals surface area contributed by atoms with E-state index in [2.05, 4.69) is 29.7 Å². The lowest BCUT2D eigenvalue weighted by Crippen LogP contribution is -2.43. The van der Waals surface area contributed by atoms with E-state index in [0.29, 0.717) is 0 Å². The van der Waals surface area contributed by atoms with E-state index in [1.807, 2.05) is 41.4 Å². The van der Waals surface area contributed by atoms with Gasteiger partial charge in [-0.25, -0.2) is 5.01 Å². The van der Waals surface area contributed by atoms with Gasteiger partial charge in [-0.1, -0.05) is 60.7 Å². The molecule has 0 fully saturated rings. The van der Waals surface area contributed by atoms with Crippen molar-refractivity contribution < 1.29 is 0 Å². The zero-order valence-corrected chi connectivity index (χ0v) is 11.4. The van der Waals surface area contributed by atoms with Crippen molar-refractivity contribution >= 4 is 17.3 Å². The summed E-state index contributed by atoms with van der Waals surface area (Å²) in [5.41, 5.74) is 11.0. The lowest BCUT2D eigenvalue weighted by atomic mass is 10.2. The Balaban J connectivity index is 2.06. The summed E-state index contributed by atoms with van der Waals surface area (Å²) in [6, 6.07) is 20.4. The van der Waals surface area contributed by atoms with Crippen molar-refractivity contribution in [3.05, 3.63) is 71.8 Å². The van der Waals surface area contributed by atoms with E-state index in [1.54, 1.807) is 0 Å². The molecule has 19 heavy (non-hydrogen) atoms. The van der Waals surface area contributed by atoms with Crippen LogP contribution in [0.3, 0.4) is 0 Å². The molecule has 0 amide bonds. The molecule has 98 valence electrons. The number of benzene rings is 2. The first-order chi connectivity index (χ1) is 9.24. The summed E-state index contributed by atoms with van der Waals surface area (Å²) in [7, 11) is 0. The van der Waals surface area contributed by atoms with Gasteiger partial charge in [0.05, 0.1) is 0 Å². The highest BCUT2D eigenvalue weighted by molar-refractivity contribution is 7.80. The lowest BCUT2D eigenvalue weighted by molar-refractivity contribution is 0.217. The van der Waals surface area contributed by atoms with E-state index in [1.165, 1.54) is 11.1 Å². The van der Waals surface area contributed by atoms with Gasteiger partial charge in [0.2, 0.25) is 0 Å². The number of nitrogens with one attached hydrogen (secondary N) is 1. The average Bonchev–Trinajstić information content (AvgIpc) is 2.40. The molecule has 0 aromatic heterocycles. The third-order valence-electron chi connectivity index (χ3n) is 2.70. The molecule has 0 radical (unpaired) electrons. The minimum absolute atomic E-state index is 0.284. The largest absolute Gasteiger partial charge is 0.375 e. The zero-order valence-electron chi connectivity index (χ0n) is 10.6. The Kier molecular flexibility index (Phi) is 4.89. The summed E-state index contributed by atoms with van der Waals surface area (Å²) in [5, 5.41) is 2.29. The van der Waals surface area contributed by atoms with Crippen LogP contribution in [0.2, 0.25) is 0 Å². The SMILES string of the molecule is NC(=S)NN(Cc1ccccc1)Cc1ccccc1. The highest BCUT2D eigenvalue weighted by atomic mass is 32.1. The monoisotopic (exact) mass is 271 g/mol. The molecule has 0 bridgehead atoms. The Morgan fingerprint density at radius 2 is 1.32 bits per heavy atom. The molecule has 0 spiro atoms. The van der Waals surface area contributed by atoms with E-state index in [4.69, 9.17) is 18.0 Å². The van der Waals surface area contributed by atoms with Crippen LogP contribution < -0.4 is 11.2 Å². The number of nitrogens with two attached hydrogens (primary N) is 1. The van der Waals surface area contributed by atoms with Gasteiger partial charge in [-0.05, 0) is 23.3 Å². The van der Waals surface area contributed by atoms with Gasteiger partial charge in [0, 0.05) is 13.1 Å². The maximum absolute atomic E-state index is 5.58. The molecule has 0 atom stereocenters. The molecule has 0 aliphatic heterocycles. The molecule has 0 saturated heterocycles. The minimum Gasteiger partial charge on any atom is -0.375 e. The molecule has 0 aliphatic carbocycles. The summed E-state index contributed by atoms with van der Waals surface area (Å²) in [5.74, 6) is 0. The van der Waals surface area contributed by atoms with E-state index in [9.17, 15) is 0 Å². The van der Waals surface area contributed by atoms with Gasteiger partial charge in [-0.3, -0.25) is 5.43 Å². The van der Waals surface area contributed by atoms with Crippen molar-refractivity contribution in [2.45, 2.75) is 13.1 Å². The van der Waals surface area contributed by atoms with E-state index in [-0.39, 0.29) is 5.11 Å². The van der Waals surface area contributed by atoms with Crippen molar-refractivity contribution in [3.8, 4) is 0 Å².